The third-order valence-corrected chi connectivity index (χ3v) is 6.59. The van der Waals surface area contributed by atoms with Crippen molar-refractivity contribution in [2.24, 2.45) is 5.92 Å². The number of nitrogens with one attached hydrogen (secondary N) is 2. The number of benzene rings is 2. The van der Waals surface area contributed by atoms with E-state index in [0.29, 0.717) is 35.5 Å². The molecule has 0 fully saturated rings. The van der Waals surface area contributed by atoms with Crippen LogP contribution in [0.5, 0.6) is 0 Å². The van der Waals surface area contributed by atoms with Gasteiger partial charge in [0.25, 0.3) is 11.5 Å². The minimum Gasteiger partial charge on any atom is -0.350 e. The van der Waals surface area contributed by atoms with Crippen LogP contribution in [0.25, 0.3) is 16.7 Å². The number of nitrogens with zero attached hydrogens (tertiary/aromatic N) is 4. The molecular formula is C28H34N6O4. The van der Waals surface area contributed by atoms with E-state index in [1.807, 2.05) is 46.8 Å². The number of anilines is 1. The summed E-state index contributed by atoms with van der Waals surface area (Å²) in [5.74, 6) is -0.265. The summed E-state index contributed by atoms with van der Waals surface area (Å²) in [6.45, 7) is 9.94. The third kappa shape index (κ3) is 5.53. The van der Waals surface area contributed by atoms with Gasteiger partial charge in [-0.25, -0.2) is 13.9 Å². The quantitative estimate of drug-likeness (QED) is 0.352. The Labute approximate surface area is 220 Å². The molecule has 0 saturated heterocycles. The van der Waals surface area contributed by atoms with Crippen molar-refractivity contribution >= 4 is 34.2 Å². The van der Waals surface area contributed by atoms with Crippen molar-refractivity contribution in [2.45, 2.75) is 66.6 Å². The van der Waals surface area contributed by atoms with Crippen LogP contribution in [0.1, 0.15) is 56.5 Å². The average Bonchev–Trinajstić information content (AvgIpc) is 3.20. The van der Waals surface area contributed by atoms with E-state index >= 15 is 0 Å². The van der Waals surface area contributed by atoms with Crippen LogP contribution in [0.3, 0.4) is 0 Å². The summed E-state index contributed by atoms with van der Waals surface area (Å²) in [5.41, 5.74) is 1.40. The van der Waals surface area contributed by atoms with E-state index in [0.717, 1.165) is 16.7 Å². The molecule has 38 heavy (non-hydrogen) atoms. The molecule has 2 aromatic carbocycles. The molecule has 0 saturated carbocycles. The van der Waals surface area contributed by atoms with Gasteiger partial charge in [0.1, 0.15) is 6.54 Å². The monoisotopic (exact) mass is 518 g/mol. The summed E-state index contributed by atoms with van der Waals surface area (Å²) >= 11 is 0. The second-order valence-corrected chi connectivity index (χ2v) is 10.1. The second kappa shape index (κ2) is 11.0. The van der Waals surface area contributed by atoms with Crippen LogP contribution in [0, 0.1) is 12.8 Å². The van der Waals surface area contributed by atoms with E-state index in [9.17, 15) is 19.2 Å². The van der Waals surface area contributed by atoms with Gasteiger partial charge in [-0.15, -0.1) is 5.10 Å². The Bertz CT molecular complexity index is 1610. The van der Waals surface area contributed by atoms with Gasteiger partial charge in [-0.3, -0.25) is 19.0 Å². The molecule has 0 bridgehead atoms. The first-order valence-electron chi connectivity index (χ1n) is 12.9. The van der Waals surface area contributed by atoms with Gasteiger partial charge in [0.2, 0.25) is 11.7 Å². The summed E-state index contributed by atoms with van der Waals surface area (Å²) in [7, 11) is 0. The number of fused-ring (bicyclic) bond motifs is 3. The SMILES string of the molecule is CC[C@H](C)NC(=O)c1ccc2c(=O)n(CCC(C)C)c3nn(CC(=O)Nc4ccc(C)cc4)c(=O)n3c2c1. The van der Waals surface area contributed by atoms with Crippen LogP contribution < -0.4 is 21.9 Å². The first-order valence-corrected chi connectivity index (χ1v) is 12.9. The highest BCUT2D eigenvalue weighted by atomic mass is 16.2. The topological polar surface area (TPSA) is 120 Å². The largest absolute Gasteiger partial charge is 0.352 e. The van der Waals surface area contributed by atoms with Crippen LogP contribution in [0.4, 0.5) is 5.69 Å². The molecule has 2 N–H and O–H groups in total. The van der Waals surface area contributed by atoms with Gasteiger partial charge in [-0.05, 0) is 62.9 Å². The van der Waals surface area contributed by atoms with Crippen molar-refractivity contribution in [1.82, 2.24) is 24.1 Å². The van der Waals surface area contributed by atoms with E-state index in [4.69, 9.17) is 0 Å². The number of carbonyl (C=O) groups excluding carboxylic acids is 2. The van der Waals surface area contributed by atoms with E-state index in [1.54, 1.807) is 24.3 Å². The molecular weight excluding hydrogens is 484 g/mol. The molecule has 2 amide bonds. The number of hydrogen-bond donors (Lipinski definition) is 2. The number of aromatic nitrogens is 4. The third-order valence-electron chi connectivity index (χ3n) is 6.59. The molecule has 1 atom stereocenters. The standard InChI is InChI=1S/C28H34N6O4/c1-6-19(5)29-25(36)20-9-12-22-23(15-20)34-27(32(26(22)37)14-13-17(2)3)31-33(28(34)38)16-24(35)30-21-10-7-18(4)8-11-21/h7-12,15,17,19H,6,13-14,16H2,1-5H3,(H,29,36)(H,30,35)/t19-/m0/s1. The first kappa shape index (κ1) is 26.8. The average molecular weight is 519 g/mol. The van der Waals surface area contributed by atoms with E-state index < -0.39 is 11.6 Å². The predicted molar refractivity (Wildman–Crippen MR) is 148 cm³/mol. The predicted octanol–water partition coefficient (Wildman–Crippen LogP) is 3.33. The van der Waals surface area contributed by atoms with Crippen molar-refractivity contribution in [3.05, 3.63) is 74.4 Å². The van der Waals surface area contributed by atoms with Crippen molar-refractivity contribution in [2.75, 3.05) is 5.32 Å². The fourth-order valence-electron chi connectivity index (χ4n) is 4.13. The van der Waals surface area contributed by atoms with Crippen LogP contribution >= 0.6 is 0 Å². The normalized spacial score (nSPS) is 12.3. The Kier molecular flexibility index (Phi) is 7.80. The van der Waals surface area contributed by atoms with Crippen LogP contribution in [-0.4, -0.2) is 36.6 Å². The van der Waals surface area contributed by atoms with Crippen LogP contribution in [-0.2, 0) is 17.9 Å². The number of aryl methyl sites for hydroxylation is 2. The first-order chi connectivity index (χ1) is 18.1. The molecule has 200 valence electrons. The van der Waals surface area contributed by atoms with Gasteiger partial charge in [-0.2, -0.15) is 0 Å². The molecule has 2 heterocycles. The molecule has 10 heteroatoms. The lowest BCUT2D eigenvalue weighted by atomic mass is 10.1. The van der Waals surface area contributed by atoms with Crippen LogP contribution in [0.15, 0.2) is 52.1 Å². The lowest BCUT2D eigenvalue weighted by molar-refractivity contribution is -0.117. The van der Waals surface area contributed by atoms with Gasteiger partial charge in [0.15, 0.2) is 0 Å². The molecule has 0 spiro atoms. The molecule has 0 aliphatic rings. The van der Waals surface area contributed by atoms with Crippen LogP contribution in [0.2, 0.25) is 0 Å². The number of amides is 2. The van der Waals surface area contributed by atoms with Crippen molar-refractivity contribution in [3.8, 4) is 0 Å². The molecule has 0 radical (unpaired) electrons. The Morgan fingerprint density at radius 1 is 1.03 bits per heavy atom. The highest BCUT2D eigenvalue weighted by Gasteiger charge is 2.20. The van der Waals surface area contributed by atoms with Crippen molar-refractivity contribution < 1.29 is 9.59 Å². The lowest BCUT2D eigenvalue weighted by Gasteiger charge is -2.13. The highest BCUT2D eigenvalue weighted by Crippen LogP contribution is 2.16. The van der Waals surface area contributed by atoms with Gasteiger partial charge >= 0.3 is 5.69 Å². The number of hydrogen-bond acceptors (Lipinski definition) is 5. The zero-order valence-electron chi connectivity index (χ0n) is 22.4. The molecule has 10 nitrogen and oxygen atoms in total. The van der Waals surface area contributed by atoms with Gasteiger partial charge < -0.3 is 10.6 Å². The Morgan fingerprint density at radius 3 is 2.39 bits per heavy atom. The Morgan fingerprint density at radius 2 is 1.74 bits per heavy atom. The highest BCUT2D eigenvalue weighted by molar-refractivity contribution is 5.98. The summed E-state index contributed by atoms with van der Waals surface area (Å²) in [5, 5.41) is 10.4. The smallest absolute Gasteiger partial charge is 0.350 e. The van der Waals surface area contributed by atoms with E-state index in [1.165, 1.54) is 15.0 Å². The molecule has 4 rings (SSSR count). The molecule has 0 aliphatic carbocycles. The summed E-state index contributed by atoms with van der Waals surface area (Å²) in [6.07, 6.45) is 1.46. The fourth-order valence-corrected chi connectivity index (χ4v) is 4.13. The maximum atomic E-state index is 13.5. The summed E-state index contributed by atoms with van der Waals surface area (Å²) < 4.78 is 3.84. The zero-order chi connectivity index (χ0) is 27.6. The fraction of sp³-hybridized carbons (Fsp3) is 0.393. The lowest BCUT2D eigenvalue weighted by Crippen LogP contribution is -2.32. The summed E-state index contributed by atoms with van der Waals surface area (Å²) in [6, 6.07) is 12.0. The van der Waals surface area contributed by atoms with Gasteiger partial charge in [-0.1, -0.05) is 38.5 Å². The van der Waals surface area contributed by atoms with Crippen molar-refractivity contribution in [1.29, 1.82) is 0 Å². The zero-order valence-corrected chi connectivity index (χ0v) is 22.4. The molecule has 2 aromatic heterocycles. The van der Waals surface area contributed by atoms with Gasteiger partial charge in [0, 0.05) is 23.8 Å². The Balaban J connectivity index is 1.82. The van der Waals surface area contributed by atoms with Gasteiger partial charge in [0.05, 0.1) is 10.9 Å². The minimum atomic E-state index is -0.568. The molecule has 4 aromatic rings. The van der Waals surface area contributed by atoms with Crippen molar-refractivity contribution in [3.63, 3.8) is 0 Å². The van der Waals surface area contributed by atoms with E-state index in [2.05, 4.69) is 15.7 Å². The Hall–Kier alpha value is -4.21. The molecule has 0 aliphatic heterocycles. The second-order valence-electron chi connectivity index (χ2n) is 10.1. The minimum absolute atomic E-state index is 0.0280. The summed E-state index contributed by atoms with van der Waals surface area (Å²) in [4.78, 5) is 52.6. The number of carbonyl (C=O) groups is 2. The molecule has 0 unspecified atom stereocenters. The number of rotatable bonds is 9. The van der Waals surface area contributed by atoms with E-state index in [-0.39, 0.29) is 35.3 Å². The maximum absolute atomic E-state index is 13.5. The maximum Gasteiger partial charge on any atom is 0.352 e.